The van der Waals surface area contributed by atoms with Gasteiger partial charge in [0.2, 0.25) is 0 Å². The van der Waals surface area contributed by atoms with E-state index >= 15 is 0 Å². The van der Waals surface area contributed by atoms with E-state index in [4.69, 9.17) is 0 Å². The van der Waals surface area contributed by atoms with Crippen molar-refractivity contribution in [2.45, 2.75) is 24.6 Å². The first-order valence-corrected chi connectivity index (χ1v) is 6.41. The zero-order valence-electron chi connectivity index (χ0n) is 8.87. The number of thioether (sulfide) groups is 1. The summed E-state index contributed by atoms with van der Waals surface area (Å²) in [7, 11) is 0. The molecular weight excluding hydrogens is 209 g/mol. The van der Waals surface area contributed by atoms with Gasteiger partial charge in [-0.15, -0.1) is 0 Å². The van der Waals surface area contributed by atoms with Crippen LogP contribution in [-0.2, 0) is 0 Å². The molecule has 1 fully saturated rings. The average molecular weight is 225 g/mol. The molecule has 82 valence electrons. The van der Waals surface area contributed by atoms with Crippen LogP contribution in [0.25, 0.3) is 0 Å². The second-order valence-corrected chi connectivity index (χ2v) is 5.46. The van der Waals surface area contributed by atoms with E-state index in [0.717, 1.165) is 17.5 Å². The highest BCUT2D eigenvalue weighted by atomic mass is 32.2. The summed E-state index contributed by atoms with van der Waals surface area (Å²) in [5.74, 6) is 0.917. The first kappa shape index (κ1) is 11.0. The zero-order chi connectivity index (χ0) is 10.7. The van der Waals surface area contributed by atoms with Crippen molar-refractivity contribution in [1.82, 2.24) is 5.32 Å². The van der Waals surface area contributed by atoms with Gasteiger partial charge in [-0.3, -0.25) is 0 Å². The van der Waals surface area contributed by atoms with E-state index in [9.17, 15) is 4.39 Å². The summed E-state index contributed by atoms with van der Waals surface area (Å²) < 4.78 is 12.8. The number of rotatable bonds is 1. The molecule has 15 heavy (non-hydrogen) atoms. The molecule has 2 atom stereocenters. The summed E-state index contributed by atoms with van der Waals surface area (Å²) in [4.78, 5) is 0. The lowest BCUT2D eigenvalue weighted by molar-refractivity contribution is 0.575. The van der Waals surface area contributed by atoms with Gasteiger partial charge < -0.3 is 5.32 Å². The molecule has 3 heteroatoms. The van der Waals surface area contributed by atoms with Crippen LogP contribution in [0.2, 0.25) is 0 Å². The van der Waals surface area contributed by atoms with Crippen LogP contribution in [0, 0.1) is 5.82 Å². The van der Waals surface area contributed by atoms with E-state index in [-0.39, 0.29) is 5.82 Å². The molecule has 1 nitrogen and oxygen atoms in total. The predicted octanol–water partition coefficient (Wildman–Crippen LogP) is 2.98. The van der Waals surface area contributed by atoms with Crippen molar-refractivity contribution < 1.29 is 4.39 Å². The van der Waals surface area contributed by atoms with Gasteiger partial charge in [0.1, 0.15) is 5.82 Å². The smallest absolute Gasteiger partial charge is 0.123 e. The molecule has 1 heterocycles. The molecule has 1 aromatic carbocycles. The summed E-state index contributed by atoms with van der Waals surface area (Å²) in [6.45, 7) is 3.32. The van der Waals surface area contributed by atoms with E-state index < -0.39 is 0 Å². The molecule has 1 saturated heterocycles. The Morgan fingerprint density at radius 3 is 2.80 bits per heavy atom. The van der Waals surface area contributed by atoms with Gasteiger partial charge in [-0.2, -0.15) is 11.8 Å². The third kappa shape index (κ3) is 2.95. The Morgan fingerprint density at radius 1 is 1.33 bits per heavy atom. The van der Waals surface area contributed by atoms with Crippen LogP contribution >= 0.6 is 11.8 Å². The molecular formula is C12H16FNS. The SMILES string of the molecule is CC1CCNC(c2ccc(F)cc2)CS1. The number of hydrogen-bond donors (Lipinski definition) is 1. The fourth-order valence-corrected chi connectivity index (χ4v) is 2.89. The topological polar surface area (TPSA) is 12.0 Å². The van der Waals surface area contributed by atoms with Crippen molar-refractivity contribution in [3.05, 3.63) is 35.6 Å². The van der Waals surface area contributed by atoms with Crippen LogP contribution in [0.1, 0.15) is 24.9 Å². The zero-order valence-corrected chi connectivity index (χ0v) is 9.69. The van der Waals surface area contributed by atoms with Crippen molar-refractivity contribution in [3.8, 4) is 0 Å². The Morgan fingerprint density at radius 2 is 2.07 bits per heavy atom. The van der Waals surface area contributed by atoms with Crippen molar-refractivity contribution in [2.75, 3.05) is 12.3 Å². The summed E-state index contributed by atoms with van der Waals surface area (Å²) in [6, 6.07) is 7.21. The molecule has 1 aromatic rings. The second-order valence-electron chi connectivity index (χ2n) is 3.99. The third-order valence-electron chi connectivity index (χ3n) is 2.76. The van der Waals surface area contributed by atoms with Crippen LogP contribution in [0.3, 0.4) is 0 Å². The first-order chi connectivity index (χ1) is 7.25. The highest BCUT2D eigenvalue weighted by molar-refractivity contribution is 7.99. The van der Waals surface area contributed by atoms with Crippen LogP contribution in [-0.4, -0.2) is 17.5 Å². The van der Waals surface area contributed by atoms with E-state index in [1.165, 1.54) is 24.1 Å². The highest BCUT2D eigenvalue weighted by Gasteiger charge is 2.17. The Labute approximate surface area is 94.5 Å². The lowest BCUT2D eigenvalue weighted by atomic mass is 10.1. The predicted molar refractivity (Wildman–Crippen MR) is 63.7 cm³/mol. The summed E-state index contributed by atoms with van der Waals surface area (Å²) in [5, 5.41) is 4.23. The molecule has 0 amide bonds. The molecule has 2 rings (SSSR count). The molecule has 1 N–H and O–H groups in total. The molecule has 2 unspecified atom stereocenters. The van der Waals surface area contributed by atoms with E-state index in [1.54, 1.807) is 0 Å². The molecule has 0 aromatic heterocycles. The lowest BCUT2D eigenvalue weighted by Gasteiger charge is -2.15. The highest BCUT2D eigenvalue weighted by Crippen LogP contribution is 2.25. The minimum absolute atomic E-state index is 0.159. The minimum Gasteiger partial charge on any atom is -0.309 e. The normalized spacial score (nSPS) is 27.3. The number of hydrogen-bond acceptors (Lipinski definition) is 2. The quantitative estimate of drug-likeness (QED) is 0.788. The summed E-state index contributed by atoms with van der Waals surface area (Å²) in [6.07, 6.45) is 1.21. The fourth-order valence-electron chi connectivity index (χ4n) is 1.77. The first-order valence-electron chi connectivity index (χ1n) is 5.36. The molecule has 1 aliphatic heterocycles. The largest absolute Gasteiger partial charge is 0.309 e. The van der Waals surface area contributed by atoms with Crippen molar-refractivity contribution >= 4 is 11.8 Å². The molecule has 0 bridgehead atoms. The van der Waals surface area contributed by atoms with E-state index in [2.05, 4.69) is 12.2 Å². The van der Waals surface area contributed by atoms with Gasteiger partial charge in [-0.1, -0.05) is 19.1 Å². The van der Waals surface area contributed by atoms with Gasteiger partial charge in [0, 0.05) is 17.0 Å². The molecule has 0 radical (unpaired) electrons. The van der Waals surface area contributed by atoms with Gasteiger partial charge >= 0.3 is 0 Å². The lowest BCUT2D eigenvalue weighted by Crippen LogP contribution is -2.22. The van der Waals surface area contributed by atoms with Gasteiger partial charge in [0.15, 0.2) is 0 Å². The van der Waals surface area contributed by atoms with Crippen LogP contribution in [0.4, 0.5) is 4.39 Å². The maximum Gasteiger partial charge on any atom is 0.123 e. The van der Waals surface area contributed by atoms with E-state index in [0.29, 0.717) is 6.04 Å². The van der Waals surface area contributed by atoms with Crippen LogP contribution in [0.15, 0.2) is 24.3 Å². The molecule has 0 saturated carbocycles. The summed E-state index contributed by atoms with van der Waals surface area (Å²) >= 11 is 1.99. The van der Waals surface area contributed by atoms with Crippen molar-refractivity contribution in [1.29, 1.82) is 0 Å². The van der Waals surface area contributed by atoms with Gasteiger partial charge in [-0.25, -0.2) is 4.39 Å². The van der Waals surface area contributed by atoms with E-state index in [1.807, 2.05) is 23.9 Å². The van der Waals surface area contributed by atoms with Gasteiger partial charge in [0.05, 0.1) is 0 Å². The minimum atomic E-state index is -0.159. The Balaban J connectivity index is 2.06. The standard InChI is InChI=1S/C12H16FNS/c1-9-6-7-14-12(8-15-9)10-2-4-11(13)5-3-10/h2-5,9,12,14H,6-8H2,1H3. The van der Waals surface area contributed by atoms with Gasteiger partial charge in [-0.05, 0) is 30.7 Å². The number of halogens is 1. The monoisotopic (exact) mass is 225 g/mol. The number of benzene rings is 1. The number of nitrogens with one attached hydrogen (secondary N) is 1. The molecule has 1 aliphatic rings. The average Bonchev–Trinajstić information content (AvgIpc) is 2.44. The fraction of sp³-hybridized carbons (Fsp3) is 0.500. The van der Waals surface area contributed by atoms with Gasteiger partial charge in [0.25, 0.3) is 0 Å². The van der Waals surface area contributed by atoms with Crippen LogP contribution in [0.5, 0.6) is 0 Å². The Bertz CT molecular complexity index is 312. The molecule has 0 aliphatic carbocycles. The third-order valence-corrected chi connectivity index (χ3v) is 4.09. The Kier molecular flexibility index (Phi) is 3.65. The molecule has 0 spiro atoms. The van der Waals surface area contributed by atoms with Crippen LogP contribution < -0.4 is 5.32 Å². The van der Waals surface area contributed by atoms with Crippen molar-refractivity contribution in [2.24, 2.45) is 0 Å². The second kappa shape index (κ2) is 4.99. The maximum absolute atomic E-state index is 12.8. The maximum atomic E-state index is 12.8. The summed E-state index contributed by atoms with van der Waals surface area (Å²) in [5.41, 5.74) is 1.19. The Hall–Kier alpha value is -0.540. The van der Waals surface area contributed by atoms with Crippen molar-refractivity contribution in [3.63, 3.8) is 0 Å².